The van der Waals surface area contributed by atoms with E-state index in [0.29, 0.717) is 36.9 Å². The number of fused-ring (bicyclic) bond motifs is 2. The number of nitrogens with zero attached hydrogens (tertiary/aromatic N) is 10. The van der Waals surface area contributed by atoms with Crippen molar-refractivity contribution in [3.8, 4) is 0 Å². The monoisotopic (exact) mass is 841 g/mol. The maximum atomic E-state index is 14.3. The molecular formula is C42H50F3N13O3. The number of carbonyl (C=O) groups excluding carboxylic acids is 3. The molecular weight excluding hydrogens is 792 g/mol. The Kier molecular flexibility index (Phi) is 10.9. The molecule has 0 bridgehead atoms. The number of alkyl halides is 3. The molecule has 0 spiro atoms. The fourth-order valence-corrected chi connectivity index (χ4v) is 9.44. The lowest BCUT2D eigenvalue weighted by molar-refractivity contribution is -0.134. The number of hydrogen-bond acceptors (Lipinski definition) is 11. The third-order valence-electron chi connectivity index (χ3n) is 12.8. The summed E-state index contributed by atoms with van der Waals surface area (Å²) in [4.78, 5) is 48.8. The van der Waals surface area contributed by atoms with Gasteiger partial charge in [0.05, 0.1) is 41.6 Å². The van der Waals surface area contributed by atoms with E-state index < -0.39 is 30.1 Å². The van der Waals surface area contributed by atoms with E-state index >= 15 is 0 Å². The minimum absolute atomic E-state index is 0.0656. The van der Waals surface area contributed by atoms with Crippen molar-refractivity contribution < 1.29 is 27.6 Å². The number of carbonyl (C=O) groups is 3. The molecule has 5 aromatic rings. The number of nitrogens with one attached hydrogen (secondary N) is 2. The second kappa shape index (κ2) is 16.5. The summed E-state index contributed by atoms with van der Waals surface area (Å²) in [6.07, 6.45) is 8.76. The molecule has 1 saturated carbocycles. The van der Waals surface area contributed by atoms with Crippen LogP contribution in [0.5, 0.6) is 0 Å². The van der Waals surface area contributed by atoms with E-state index in [0.717, 1.165) is 68.2 Å². The summed E-state index contributed by atoms with van der Waals surface area (Å²) >= 11 is 0. The van der Waals surface area contributed by atoms with Gasteiger partial charge < -0.3 is 25.8 Å². The molecule has 1 unspecified atom stereocenters. The summed E-state index contributed by atoms with van der Waals surface area (Å²) in [6, 6.07) is 7.80. The predicted octanol–water partition coefficient (Wildman–Crippen LogP) is 5.00. The Morgan fingerprint density at radius 2 is 1.84 bits per heavy atom. The number of anilines is 3. The molecule has 1 aliphatic carbocycles. The maximum absolute atomic E-state index is 14.3. The van der Waals surface area contributed by atoms with Gasteiger partial charge in [-0.2, -0.15) is 15.3 Å². The zero-order chi connectivity index (χ0) is 42.5. The Morgan fingerprint density at radius 3 is 2.57 bits per heavy atom. The molecule has 16 nitrogen and oxygen atoms in total. The first-order chi connectivity index (χ1) is 29.4. The van der Waals surface area contributed by atoms with Gasteiger partial charge in [0, 0.05) is 75.7 Å². The van der Waals surface area contributed by atoms with E-state index in [4.69, 9.17) is 10.8 Å². The quantitative estimate of drug-likeness (QED) is 0.170. The van der Waals surface area contributed by atoms with Crippen LogP contribution in [0.2, 0.25) is 0 Å². The zero-order valence-corrected chi connectivity index (χ0v) is 34.2. The number of likely N-dealkylation sites (tertiary alicyclic amines) is 1. The normalized spacial score (nSPS) is 23.0. The third kappa shape index (κ3) is 8.14. The number of aromatic nitrogens is 7. The molecule has 4 aromatic heterocycles. The molecule has 61 heavy (non-hydrogen) atoms. The fraction of sp³-hybridized carbons (Fsp3) is 0.500. The molecule has 3 saturated heterocycles. The number of benzene rings is 1. The lowest BCUT2D eigenvalue weighted by atomic mass is 9.91. The van der Waals surface area contributed by atoms with Crippen LogP contribution in [0.1, 0.15) is 97.9 Å². The van der Waals surface area contributed by atoms with Crippen LogP contribution >= 0.6 is 0 Å². The van der Waals surface area contributed by atoms with Crippen molar-refractivity contribution >= 4 is 51.5 Å². The van der Waals surface area contributed by atoms with Crippen molar-refractivity contribution in [3.63, 3.8) is 0 Å². The maximum Gasteiger partial charge on any atom is 0.284 e. The van der Waals surface area contributed by atoms with Gasteiger partial charge in [-0.1, -0.05) is 5.57 Å². The van der Waals surface area contributed by atoms with Crippen LogP contribution in [0.25, 0.3) is 16.6 Å². The number of aryl methyl sites for hydroxylation is 1. The highest BCUT2D eigenvalue weighted by molar-refractivity contribution is 6.08. The number of amides is 3. The standard InChI is InChI=1S/C42H50F3N13O3/c1-53(29-7-8-30-34(18-29)54(2)51-37(30)31-9-10-36(59)50-41(31)60)27-11-14-55(15-12-27)20-24-3-5-28(6-4-24)58-23-33(38(52-58)39(44)45)48-42(61)32-19-47-57-16-13-35(49-40(32)57)56-21-25(43)17-26(46)22-56/h7-8,13,16,18-20,23,25-28,31,39H,3-6,9-12,14-15,17,21-22,46H2,1-2H3,(H,48,61)(H,50,59,60)/t25-,26-,28?,31?/m1/s1. The SMILES string of the molecule is CN(c1ccc2c(C3CCC(=O)NC3=O)nn(C)c2c1)C1CCN(C=C2CCC(n3cc(NC(=O)c4cnn5ccc(N6C[C@H](N)C[C@@H](F)C6)nc45)c(C(F)F)n3)CC2)CC1. The lowest BCUT2D eigenvalue weighted by Gasteiger charge is -2.38. The summed E-state index contributed by atoms with van der Waals surface area (Å²) in [5, 5.41) is 19.2. The first-order valence-corrected chi connectivity index (χ1v) is 21.0. The van der Waals surface area contributed by atoms with Gasteiger partial charge in [-0.3, -0.25) is 29.1 Å². The Hall–Kier alpha value is -5.98. The molecule has 3 aliphatic heterocycles. The molecule has 4 fully saturated rings. The van der Waals surface area contributed by atoms with E-state index in [2.05, 4.69) is 61.0 Å². The van der Waals surface area contributed by atoms with Gasteiger partial charge in [0.15, 0.2) is 11.3 Å². The predicted molar refractivity (Wildman–Crippen MR) is 222 cm³/mol. The van der Waals surface area contributed by atoms with Crippen LogP contribution in [0.3, 0.4) is 0 Å². The van der Waals surface area contributed by atoms with Gasteiger partial charge in [0.2, 0.25) is 11.8 Å². The van der Waals surface area contributed by atoms with E-state index in [1.165, 1.54) is 22.5 Å². The van der Waals surface area contributed by atoms with Crippen LogP contribution in [0.15, 0.2) is 54.6 Å². The second-order valence-corrected chi connectivity index (χ2v) is 16.9. The summed E-state index contributed by atoms with van der Waals surface area (Å²) in [5.74, 6) is -1.18. The average molecular weight is 842 g/mol. The van der Waals surface area contributed by atoms with Crippen molar-refractivity contribution in [3.05, 3.63) is 71.6 Å². The van der Waals surface area contributed by atoms with Crippen molar-refractivity contribution in [1.82, 2.24) is 44.4 Å². The van der Waals surface area contributed by atoms with Crippen LogP contribution in [-0.4, -0.2) is 108 Å². The number of rotatable bonds is 9. The van der Waals surface area contributed by atoms with Gasteiger partial charge >= 0.3 is 0 Å². The van der Waals surface area contributed by atoms with Gasteiger partial charge in [0.25, 0.3) is 12.3 Å². The summed E-state index contributed by atoms with van der Waals surface area (Å²) in [5.41, 5.74) is 9.81. The Morgan fingerprint density at radius 1 is 1.05 bits per heavy atom. The fourth-order valence-electron chi connectivity index (χ4n) is 9.44. The molecule has 3 amide bonds. The number of nitrogens with two attached hydrogens (primary N) is 1. The highest BCUT2D eigenvalue weighted by Crippen LogP contribution is 2.37. The van der Waals surface area contributed by atoms with Crippen LogP contribution in [0.4, 0.5) is 30.4 Å². The first kappa shape index (κ1) is 40.4. The van der Waals surface area contributed by atoms with Crippen LogP contribution in [-0.2, 0) is 16.6 Å². The van der Waals surface area contributed by atoms with Crippen molar-refractivity contribution in [2.45, 2.75) is 94.4 Å². The van der Waals surface area contributed by atoms with E-state index in [1.54, 1.807) is 21.8 Å². The smallest absolute Gasteiger partial charge is 0.284 e. The molecule has 19 heteroatoms. The molecule has 4 N–H and O–H groups in total. The van der Waals surface area contributed by atoms with E-state index in [9.17, 15) is 27.6 Å². The average Bonchev–Trinajstić information content (AvgIpc) is 3.96. The number of imide groups is 1. The molecule has 1 aromatic carbocycles. The minimum Gasteiger partial charge on any atom is -0.377 e. The van der Waals surface area contributed by atoms with Gasteiger partial charge in [-0.05, 0) is 81.8 Å². The molecule has 0 radical (unpaired) electrons. The number of piperidine rings is 3. The topological polar surface area (TPSA) is 177 Å². The summed E-state index contributed by atoms with van der Waals surface area (Å²) in [7, 11) is 4.00. The minimum atomic E-state index is -2.90. The van der Waals surface area contributed by atoms with Crippen LogP contribution < -0.4 is 26.2 Å². The highest BCUT2D eigenvalue weighted by Gasteiger charge is 2.33. The molecule has 7 heterocycles. The second-order valence-electron chi connectivity index (χ2n) is 16.9. The number of hydrogen-bond donors (Lipinski definition) is 3. The summed E-state index contributed by atoms with van der Waals surface area (Å²) < 4.78 is 47.6. The summed E-state index contributed by atoms with van der Waals surface area (Å²) in [6.45, 7) is 2.36. The van der Waals surface area contributed by atoms with E-state index in [-0.39, 0.29) is 53.8 Å². The Labute approximate surface area is 349 Å². The first-order valence-electron chi connectivity index (χ1n) is 21.0. The van der Waals surface area contributed by atoms with Gasteiger partial charge in [0.1, 0.15) is 17.6 Å². The largest absolute Gasteiger partial charge is 0.377 e. The molecule has 9 rings (SSSR count). The van der Waals surface area contributed by atoms with Crippen molar-refractivity contribution in [2.75, 3.05) is 48.3 Å². The Balaban J connectivity index is 0.800. The van der Waals surface area contributed by atoms with Crippen LogP contribution in [0, 0.1) is 0 Å². The Bertz CT molecular complexity index is 2490. The zero-order valence-electron chi connectivity index (χ0n) is 34.2. The third-order valence-corrected chi connectivity index (χ3v) is 12.8. The highest BCUT2D eigenvalue weighted by atomic mass is 19.3. The molecule has 4 aliphatic rings. The molecule has 322 valence electrons. The van der Waals surface area contributed by atoms with Gasteiger partial charge in [-0.25, -0.2) is 22.7 Å². The molecule has 3 atom stereocenters. The number of halogens is 3. The lowest BCUT2D eigenvalue weighted by Crippen LogP contribution is -2.48. The van der Waals surface area contributed by atoms with Crippen molar-refractivity contribution in [2.24, 2.45) is 12.8 Å². The van der Waals surface area contributed by atoms with Crippen molar-refractivity contribution in [1.29, 1.82) is 0 Å². The van der Waals surface area contributed by atoms with Gasteiger partial charge in [-0.15, -0.1) is 0 Å². The van der Waals surface area contributed by atoms with E-state index in [1.807, 2.05) is 17.8 Å². The number of allylic oxidation sites excluding steroid dienone is 1.